The van der Waals surface area contributed by atoms with Gasteiger partial charge < -0.3 is 4.74 Å². The van der Waals surface area contributed by atoms with Crippen LogP contribution < -0.4 is 15.6 Å². The van der Waals surface area contributed by atoms with Crippen LogP contribution in [0, 0.1) is 12.8 Å². The van der Waals surface area contributed by atoms with Gasteiger partial charge >= 0.3 is 0 Å². The number of sulfone groups is 1. The molecule has 2 rings (SSSR count). The lowest BCUT2D eigenvalue weighted by atomic mass is 10.1. The number of hydrogen-bond donors (Lipinski definition) is 2. The van der Waals surface area contributed by atoms with Crippen molar-refractivity contribution in [3.05, 3.63) is 29.3 Å². The predicted octanol–water partition coefficient (Wildman–Crippen LogP) is 0.199. The van der Waals surface area contributed by atoms with Gasteiger partial charge in [-0.1, -0.05) is 6.07 Å². The SMILES string of the molecule is COc1cc(C(=O)NNC(=O)[C@@H]2CCS(=O)(=O)C2)ccc1C. The van der Waals surface area contributed by atoms with Crippen LogP contribution in [0.15, 0.2) is 18.2 Å². The van der Waals surface area contributed by atoms with E-state index < -0.39 is 27.6 Å². The average Bonchev–Trinajstić information content (AvgIpc) is 2.85. The van der Waals surface area contributed by atoms with E-state index in [0.717, 1.165) is 5.56 Å². The number of ether oxygens (including phenoxy) is 1. The number of nitrogens with one attached hydrogen (secondary N) is 2. The van der Waals surface area contributed by atoms with Gasteiger partial charge in [0.1, 0.15) is 5.75 Å². The number of rotatable bonds is 3. The van der Waals surface area contributed by atoms with Crippen LogP contribution in [0.25, 0.3) is 0 Å². The third kappa shape index (κ3) is 3.76. The molecule has 22 heavy (non-hydrogen) atoms. The second kappa shape index (κ2) is 6.35. The molecule has 0 saturated carbocycles. The molecule has 1 aromatic rings. The summed E-state index contributed by atoms with van der Waals surface area (Å²) >= 11 is 0. The molecule has 0 spiro atoms. The Hall–Kier alpha value is -2.09. The summed E-state index contributed by atoms with van der Waals surface area (Å²) < 4.78 is 27.8. The summed E-state index contributed by atoms with van der Waals surface area (Å²) in [4.78, 5) is 23.8. The number of hydrazine groups is 1. The fourth-order valence-corrected chi connectivity index (χ4v) is 4.00. The van der Waals surface area contributed by atoms with E-state index in [0.29, 0.717) is 11.3 Å². The molecule has 1 aliphatic rings. The highest BCUT2D eigenvalue weighted by Crippen LogP contribution is 2.19. The number of benzene rings is 1. The molecule has 1 aromatic carbocycles. The van der Waals surface area contributed by atoms with Crippen LogP contribution >= 0.6 is 0 Å². The van der Waals surface area contributed by atoms with E-state index in [4.69, 9.17) is 4.74 Å². The van der Waals surface area contributed by atoms with Gasteiger partial charge in [-0.15, -0.1) is 0 Å². The largest absolute Gasteiger partial charge is 0.496 e. The first-order valence-corrected chi connectivity index (χ1v) is 8.60. The van der Waals surface area contributed by atoms with Crippen molar-refractivity contribution in [2.24, 2.45) is 5.92 Å². The minimum Gasteiger partial charge on any atom is -0.496 e. The molecule has 1 atom stereocenters. The third-order valence-corrected chi connectivity index (χ3v) is 5.34. The normalized spacial score (nSPS) is 19.5. The molecule has 7 nitrogen and oxygen atoms in total. The van der Waals surface area contributed by atoms with Crippen molar-refractivity contribution in [1.29, 1.82) is 0 Å². The van der Waals surface area contributed by atoms with Gasteiger partial charge in [-0.25, -0.2) is 8.42 Å². The molecular formula is C14H18N2O5S. The maximum Gasteiger partial charge on any atom is 0.269 e. The quantitative estimate of drug-likeness (QED) is 0.773. The van der Waals surface area contributed by atoms with Crippen LogP contribution in [0.2, 0.25) is 0 Å². The van der Waals surface area contributed by atoms with Crippen molar-refractivity contribution < 1.29 is 22.7 Å². The minimum atomic E-state index is -3.14. The highest BCUT2D eigenvalue weighted by molar-refractivity contribution is 7.91. The van der Waals surface area contributed by atoms with Gasteiger partial charge in [0, 0.05) is 5.56 Å². The first-order valence-electron chi connectivity index (χ1n) is 6.77. The Kier molecular flexibility index (Phi) is 4.70. The lowest BCUT2D eigenvalue weighted by Crippen LogP contribution is -2.44. The van der Waals surface area contributed by atoms with E-state index in [1.165, 1.54) is 7.11 Å². The summed E-state index contributed by atoms with van der Waals surface area (Å²) in [7, 11) is -1.63. The van der Waals surface area contributed by atoms with Gasteiger partial charge in [0.2, 0.25) is 5.91 Å². The lowest BCUT2D eigenvalue weighted by Gasteiger charge is -2.11. The topological polar surface area (TPSA) is 102 Å². The molecule has 0 radical (unpaired) electrons. The Morgan fingerprint density at radius 3 is 2.59 bits per heavy atom. The fourth-order valence-electron chi connectivity index (χ4n) is 2.26. The van der Waals surface area contributed by atoms with Crippen molar-refractivity contribution in [3.8, 4) is 5.75 Å². The average molecular weight is 326 g/mol. The number of hydrogen-bond acceptors (Lipinski definition) is 5. The van der Waals surface area contributed by atoms with E-state index in [9.17, 15) is 18.0 Å². The first kappa shape index (κ1) is 16.3. The van der Waals surface area contributed by atoms with E-state index in [1.807, 2.05) is 6.92 Å². The predicted molar refractivity (Wildman–Crippen MR) is 80.1 cm³/mol. The standard InChI is InChI=1S/C14H18N2O5S/c1-9-3-4-10(7-12(9)21-2)13(17)15-16-14(18)11-5-6-22(19,20)8-11/h3-4,7,11H,5-6,8H2,1-2H3,(H,15,17)(H,16,18)/t11-/m1/s1. The van der Waals surface area contributed by atoms with E-state index in [2.05, 4.69) is 10.9 Å². The highest BCUT2D eigenvalue weighted by atomic mass is 32.2. The Morgan fingerprint density at radius 2 is 2.00 bits per heavy atom. The van der Waals surface area contributed by atoms with Crippen molar-refractivity contribution in [1.82, 2.24) is 10.9 Å². The van der Waals surface area contributed by atoms with Crippen molar-refractivity contribution in [2.75, 3.05) is 18.6 Å². The molecule has 2 N–H and O–H groups in total. The van der Waals surface area contributed by atoms with E-state index in [-0.39, 0.29) is 17.9 Å². The molecular weight excluding hydrogens is 308 g/mol. The van der Waals surface area contributed by atoms with E-state index >= 15 is 0 Å². The molecule has 2 amide bonds. The zero-order valence-corrected chi connectivity index (χ0v) is 13.2. The van der Waals surface area contributed by atoms with Crippen LogP contribution in [-0.4, -0.2) is 38.8 Å². The summed E-state index contributed by atoms with van der Waals surface area (Å²) in [6, 6.07) is 4.91. The van der Waals surface area contributed by atoms with E-state index in [1.54, 1.807) is 18.2 Å². The van der Waals surface area contributed by atoms with Gasteiger partial charge in [0.15, 0.2) is 9.84 Å². The van der Waals surface area contributed by atoms with Crippen molar-refractivity contribution in [2.45, 2.75) is 13.3 Å². The maximum absolute atomic E-state index is 12.0. The van der Waals surface area contributed by atoms with Crippen molar-refractivity contribution >= 4 is 21.7 Å². The summed E-state index contributed by atoms with van der Waals surface area (Å²) in [5.74, 6) is -1.19. The second-order valence-corrected chi connectivity index (χ2v) is 7.46. The molecule has 1 heterocycles. The molecule has 0 aliphatic carbocycles. The zero-order valence-electron chi connectivity index (χ0n) is 12.4. The Bertz CT molecular complexity index is 699. The van der Waals surface area contributed by atoms with Crippen LogP contribution in [0.3, 0.4) is 0 Å². The van der Waals surface area contributed by atoms with Crippen LogP contribution in [0.4, 0.5) is 0 Å². The number of carbonyl (C=O) groups excluding carboxylic acids is 2. The number of aryl methyl sites for hydroxylation is 1. The molecule has 1 aliphatic heterocycles. The monoisotopic (exact) mass is 326 g/mol. The van der Waals surface area contributed by atoms with Gasteiger partial charge in [-0.2, -0.15) is 0 Å². The first-order chi connectivity index (χ1) is 10.3. The molecule has 0 aromatic heterocycles. The molecule has 8 heteroatoms. The zero-order chi connectivity index (χ0) is 16.3. The van der Waals surface area contributed by atoms with Gasteiger partial charge in [0.25, 0.3) is 5.91 Å². The molecule has 1 fully saturated rings. The Morgan fingerprint density at radius 1 is 1.27 bits per heavy atom. The smallest absolute Gasteiger partial charge is 0.269 e. The molecule has 0 unspecified atom stereocenters. The number of carbonyl (C=O) groups is 2. The summed E-state index contributed by atoms with van der Waals surface area (Å²) in [5.41, 5.74) is 5.78. The molecule has 1 saturated heterocycles. The Balaban J connectivity index is 1.94. The fraction of sp³-hybridized carbons (Fsp3) is 0.429. The van der Waals surface area contributed by atoms with Crippen LogP contribution in [-0.2, 0) is 14.6 Å². The van der Waals surface area contributed by atoms with Crippen molar-refractivity contribution in [3.63, 3.8) is 0 Å². The number of methoxy groups -OCH3 is 1. The summed E-state index contributed by atoms with van der Waals surface area (Å²) in [5, 5.41) is 0. The minimum absolute atomic E-state index is 0.00813. The third-order valence-electron chi connectivity index (χ3n) is 3.57. The van der Waals surface area contributed by atoms with Gasteiger partial charge in [-0.05, 0) is 31.0 Å². The van der Waals surface area contributed by atoms with Gasteiger partial charge in [0.05, 0.1) is 24.5 Å². The summed E-state index contributed by atoms with van der Waals surface area (Å²) in [6.07, 6.45) is 0.280. The molecule has 120 valence electrons. The highest BCUT2D eigenvalue weighted by Gasteiger charge is 2.33. The number of amides is 2. The lowest BCUT2D eigenvalue weighted by molar-refractivity contribution is -0.125. The Labute approximate surface area is 128 Å². The second-order valence-electron chi connectivity index (χ2n) is 5.23. The van der Waals surface area contributed by atoms with Gasteiger partial charge in [-0.3, -0.25) is 20.4 Å². The molecule has 0 bridgehead atoms. The maximum atomic E-state index is 12.0. The summed E-state index contributed by atoms with van der Waals surface area (Å²) in [6.45, 7) is 1.85. The van der Waals surface area contributed by atoms with Crippen LogP contribution in [0.1, 0.15) is 22.3 Å². The van der Waals surface area contributed by atoms with Crippen LogP contribution in [0.5, 0.6) is 5.75 Å².